The van der Waals surface area contributed by atoms with E-state index < -0.39 is 38.9 Å². The quantitative estimate of drug-likeness (QED) is 0.603. The van der Waals surface area contributed by atoms with Gasteiger partial charge in [0, 0.05) is 0 Å². The lowest BCUT2D eigenvalue weighted by Crippen LogP contribution is -2.14. The molecule has 0 unspecified atom stereocenters. The summed E-state index contributed by atoms with van der Waals surface area (Å²) in [6, 6.07) is 2.00. The van der Waals surface area contributed by atoms with Crippen LogP contribution in [0.25, 0.3) is 11.0 Å². The molecule has 0 amide bonds. The minimum absolute atomic E-state index is 0.278. The Morgan fingerprint density at radius 3 is 2.61 bits per heavy atom. The van der Waals surface area contributed by atoms with E-state index in [2.05, 4.69) is 0 Å². The number of rotatable bonds is 2. The molecular formula is C10H5NO7. The number of nitro groups is 1. The number of nitro benzene ring substituents is 1. The number of carboxylic acid groups (broad SMARTS) is 1. The van der Waals surface area contributed by atoms with Crippen LogP contribution in [0.3, 0.4) is 0 Å². The molecule has 8 nitrogen and oxygen atoms in total. The van der Waals surface area contributed by atoms with Crippen LogP contribution >= 0.6 is 0 Å². The number of aromatic carboxylic acids is 1. The number of hydrogen-bond acceptors (Lipinski definition) is 6. The summed E-state index contributed by atoms with van der Waals surface area (Å²) in [6.07, 6.45) is 0.611. The van der Waals surface area contributed by atoms with Gasteiger partial charge in [-0.3, -0.25) is 14.9 Å². The number of benzene rings is 1. The average molecular weight is 251 g/mol. The highest BCUT2D eigenvalue weighted by atomic mass is 16.6. The third-order valence-electron chi connectivity index (χ3n) is 2.31. The van der Waals surface area contributed by atoms with E-state index in [9.17, 15) is 24.8 Å². The second-order valence-corrected chi connectivity index (χ2v) is 3.35. The molecule has 0 fully saturated rings. The van der Waals surface area contributed by atoms with Crippen LogP contribution in [0.4, 0.5) is 5.69 Å². The van der Waals surface area contributed by atoms with Crippen molar-refractivity contribution in [1.29, 1.82) is 0 Å². The smallest absolute Gasteiger partial charge is 0.353 e. The first kappa shape index (κ1) is 11.6. The Hall–Kier alpha value is -2.90. The third kappa shape index (κ3) is 1.56. The number of carboxylic acids is 1. The van der Waals surface area contributed by atoms with Crippen LogP contribution in [0.2, 0.25) is 0 Å². The summed E-state index contributed by atoms with van der Waals surface area (Å²) in [5.74, 6) is -2.17. The number of phenols is 1. The monoisotopic (exact) mass is 251 g/mol. The zero-order valence-electron chi connectivity index (χ0n) is 8.61. The van der Waals surface area contributed by atoms with Gasteiger partial charge in [0.05, 0.1) is 10.3 Å². The van der Waals surface area contributed by atoms with Crippen molar-refractivity contribution in [2.75, 3.05) is 0 Å². The molecule has 1 aromatic carbocycles. The highest BCUT2D eigenvalue weighted by Gasteiger charge is 2.24. The molecular weight excluding hydrogens is 246 g/mol. The number of aromatic hydroxyl groups is 1. The maximum Gasteiger partial charge on any atom is 0.353 e. The minimum Gasteiger partial charge on any atom is -0.502 e. The van der Waals surface area contributed by atoms with Gasteiger partial charge < -0.3 is 14.6 Å². The molecule has 0 saturated carbocycles. The van der Waals surface area contributed by atoms with Crippen LogP contribution in [-0.2, 0) is 0 Å². The van der Waals surface area contributed by atoms with Gasteiger partial charge in [-0.15, -0.1) is 0 Å². The molecule has 0 bridgehead atoms. The molecule has 0 aliphatic rings. The van der Waals surface area contributed by atoms with Crippen molar-refractivity contribution in [2.24, 2.45) is 0 Å². The second kappa shape index (κ2) is 3.84. The topological polar surface area (TPSA) is 131 Å². The third-order valence-corrected chi connectivity index (χ3v) is 2.31. The van der Waals surface area contributed by atoms with Gasteiger partial charge in [-0.05, 0) is 12.1 Å². The standard InChI is InChI=1S/C10H5NO7/c12-6-2-1-4-8(13)5(10(14)15)3-18-9(4)7(6)11(16)17/h1-3,12H,(H,14,15). The average Bonchev–Trinajstić information content (AvgIpc) is 2.27. The molecule has 2 rings (SSSR count). The van der Waals surface area contributed by atoms with Gasteiger partial charge >= 0.3 is 11.7 Å². The van der Waals surface area contributed by atoms with E-state index in [0.717, 1.165) is 12.1 Å². The maximum atomic E-state index is 11.7. The first-order valence-corrected chi connectivity index (χ1v) is 4.58. The fourth-order valence-corrected chi connectivity index (χ4v) is 1.50. The van der Waals surface area contributed by atoms with Crippen molar-refractivity contribution in [3.05, 3.63) is 44.3 Å². The normalized spacial score (nSPS) is 10.4. The molecule has 1 aromatic heterocycles. The Kier molecular flexibility index (Phi) is 2.47. The predicted molar refractivity (Wildman–Crippen MR) is 57.8 cm³/mol. The van der Waals surface area contributed by atoms with Crippen molar-refractivity contribution in [3.8, 4) is 5.75 Å². The summed E-state index contributed by atoms with van der Waals surface area (Å²) < 4.78 is 4.78. The zero-order valence-corrected chi connectivity index (χ0v) is 8.61. The van der Waals surface area contributed by atoms with Crippen LogP contribution in [0.5, 0.6) is 5.75 Å². The number of hydrogen-bond donors (Lipinski definition) is 2. The molecule has 18 heavy (non-hydrogen) atoms. The molecule has 0 radical (unpaired) electrons. The molecule has 0 saturated heterocycles. The van der Waals surface area contributed by atoms with E-state index in [1.165, 1.54) is 0 Å². The van der Waals surface area contributed by atoms with Crippen molar-refractivity contribution in [2.45, 2.75) is 0 Å². The van der Waals surface area contributed by atoms with E-state index in [-0.39, 0.29) is 5.39 Å². The van der Waals surface area contributed by atoms with Crippen LogP contribution < -0.4 is 5.43 Å². The van der Waals surface area contributed by atoms with Crippen molar-refractivity contribution < 1.29 is 24.3 Å². The van der Waals surface area contributed by atoms with E-state index in [1.54, 1.807) is 0 Å². The Labute approximate surface area is 97.8 Å². The lowest BCUT2D eigenvalue weighted by atomic mass is 10.1. The highest BCUT2D eigenvalue weighted by Crippen LogP contribution is 2.32. The van der Waals surface area contributed by atoms with Crippen molar-refractivity contribution in [1.82, 2.24) is 0 Å². The molecule has 0 spiro atoms. The number of fused-ring (bicyclic) bond motifs is 1. The summed E-state index contributed by atoms with van der Waals surface area (Å²) in [6.45, 7) is 0. The minimum atomic E-state index is -1.50. The van der Waals surface area contributed by atoms with E-state index >= 15 is 0 Å². The van der Waals surface area contributed by atoms with Crippen LogP contribution in [-0.4, -0.2) is 21.1 Å². The molecule has 2 aromatic rings. The summed E-state index contributed by atoms with van der Waals surface area (Å²) in [4.78, 5) is 32.2. The number of phenolic OH excluding ortho intramolecular Hbond substituents is 1. The first-order chi connectivity index (χ1) is 8.43. The first-order valence-electron chi connectivity index (χ1n) is 4.58. The van der Waals surface area contributed by atoms with Gasteiger partial charge in [0.25, 0.3) is 0 Å². The van der Waals surface area contributed by atoms with Gasteiger partial charge in [-0.25, -0.2) is 4.79 Å². The lowest BCUT2D eigenvalue weighted by Gasteiger charge is -2.01. The summed E-state index contributed by atoms with van der Waals surface area (Å²) >= 11 is 0. The largest absolute Gasteiger partial charge is 0.502 e. The Morgan fingerprint density at radius 2 is 2.06 bits per heavy atom. The van der Waals surface area contributed by atoms with E-state index in [1.807, 2.05) is 0 Å². The van der Waals surface area contributed by atoms with Gasteiger partial charge in [0.15, 0.2) is 5.75 Å². The van der Waals surface area contributed by atoms with Gasteiger partial charge in [0.2, 0.25) is 11.0 Å². The van der Waals surface area contributed by atoms with Crippen LogP contribution in [0.15, 0.2) is 27.6 Å². The lowest BCUT2D eigenvalue weighted by molar-refractivity contribution is -0.384. The Bertz CT molecular complexity index is 731. The van der Waals surface area contributed by atoms with E-state index in [0.29, 0.717) is 6.26 Å². The second-order valence-electron chi connectivity index (χ2n) is 3.35. The van der Waals surface area contributed by atoms with Crippen molar-refractivity contribution in [3.63, 3.8) is 0 Å². The molecule has 8 heteroatoms. The van der Waals surface area contributed by atoms with Gasteiger partial charge in [-0.1, -0.05) is 0 Å². The predicted octanol–water partition coefficient (Wildman–Crippen LogP) is 1.10. The molecule has 0 atom stereocenters. The molecule has 1 heterocycles. The molecule has 92 valence electrons. The Balaban J connectivity index is 2.96. The summed E-state index contributed by atoms with van der Waals surface area (Å²) in [7, 11) is 0. The fourth-order valence-electron chi connectivity index (χ4n) is 1.50. The van der Waals surface area contributed by atoms with Crippen LogP contribution in [0, 0.1) is 10.1 Å². The van der Waals surface area contributed by atoms with Crippen LogP contribution in [0.1, 0.15) is 10.4 Å². The highest BCUT2D eigenvalue weighted by molar-refractivity contribution is 5.94. The number of carbonyl (C=O) groups is 1. The van der Waals surface area contributed by atoms with E-state index in [4.69, 9.17) is 9.52 Å². The summed E-state index contributed by atoms with van der Waals surface area (Å²) in [5.41, 5.74) is -2.79. The molecule has 2 N–H and O–H groups in total. The van der Waals surface area contributed by atoms with Gasteiger partial charge in [-0.2, -0.15) is 0 Å². The molecule has 0 aliphatic heterocycles. The SMILES string of the molecule is O=C(O)c1coc2c([N+](=O)[O-])c(O)ccc2c1=O. The van der Waals surface area contributed by atoms with Gasteiger partial charge in [0.1, 0.15) is 11.8 Å². The maximum absolute atomic E-state index is 11.7. The Morgan fingerprint density at radius 1 is 1.39 bits per heavy atom. The number of nitrogens with zero attached hydrogens (tertiary/aromatic N) is 1. The zero-order chi connectivity index (χ0) is 13.4. The molecule has 0 aliphatic carbocycles. The van der Waals surface area contributed by atoms with Crippen molar-refractivity contribution >= 4 is 22.6 Å². The fraction of sp³-hybridized carbons (Fsp3) is 0. The summed E-state index contributed by atoms with van der Waals surface area (Å²) in [5, 5.41) is 28.5.